The third-order valence-electron chi connectivity index (χ3n) is 3.43. The average molecular weight is 302 g/mol. The monoisotopic (exact) mass is 302 g/mol. The van der Waals surface area contributed by atoms with Crippen LogP contribution in [0.5, 0.6) is 0 Å². The smallest absolute Gasteiger partial charge is 0.247 e. The van der Waals surface area contributed by atoms with Crippen molar-refractivity contribution in [2.75, 3.05) is 25.1 Å². The van der Waals surface area contributed by atoms with E-state index in [4.69, 9.17) is 9.57 Å². The van der Waals surface area contributed by atoms with Crippen LogP contribution >= 0.6 is 0 Å². The minimum atomic E-state index is -0.205. The quantitative estimate of drug-likeness (QED) is 0.478. The van der Waals surface area contributed by atoms with Crippen molar-refractivity contribution in [3.8, 4) is 0 Å². The number of ether oxygens (including phenoxy) is 1. The highest BCUT2D eigenvalue weighted by Crippen LogP contribution is 2.25. The highest BCUT2D eigenvalue weighted by Gasteiger charge is 2.16. The Bertz CT molecular complexity index is 567. The van der Waals surface area contributed by atoms with Gasteiger partial charge in [0.1, 0.15) is 6.61 Å². The van der Waals surface area contributed by atoms with Gasteiger partial charge in [0.25, 0.3) is 0 Å². The van der Waals surface area contributed by atoms with Crippen LogP contribution in [0.25, 0.3) is 0 Å². The molecule has 0 radical (unpaired) electrons. The number of nitrogens with zero attached hydrogens (tertiary/aromatic N) is 1. The van der Waals surface area contributed by atoms with E-state index in [9.17, 15) is 4.79 Å². The van der Waals surface area contributed by atoms with E-state index < -0.39 is 0 Å². The Labute approximate surface area is 131 Å². The van der Waals surface area contributed by atoms with Gasteiger partial charge in [-0.3, -0.25) is 4.79 Å². The van der Waals surface area contributed by atoms with Crippen molar-refractivity contribution in [3.63, 3.8) is 0 Å². The zero-order chi connectivity index (χ0) is 15.8. The van der Waals surface area contributed by atoms with E-state index in [1.165, 1.54) is 11.6 Å². The lowest BCUT2D eigenvalue weighted by Gasteiger charge is -2.18. The number of nitrogens with one attached hydrogen (secondary N) is 1. The molecule has 0 saturated carbocycles. The second kappa shape index (κ2) is 8.34. The fraction of sp³-hybridized carbons (Fsp3) is 0.412. The first kappa shape index (κ1) is 16.2. The number of hydrogen-bond donors (Lipinski definition) is 1. The number of amides is 1. The van der Waals surface area contributed by atoms with Gasteiger partial charge in [-0.05, 0) is 50.0 Å². The van der Waals surface area contributed by atoms with Crippen LogP contribution in [0, 0.1) is 0 Å². The molecule has 0 saturated heterocycles. The average Bonchev–Trinajstić information content (AvgIpc) is 2.54. The van der Waals surface area contributed by atoms with E-state index in [1.807, 2.05) is 25.1 Å². The van der Waals surface area contributed by atoms with Gasteiger partial charge < -0.3 is 14.9 Å². The standard InChI is InChI=1S/C17H22N2O3/c1-3-17(20)18-14-8-9-15-13(12-14)6-5-7-16(15)19-22-11-10-21-4-2/h3,8-9,12H,1,4-7,10-11H2,2H3,(H,18,20)/b19-16+. The Morgan fingerprint density at radius 3 is 3.05 bits per heavy atom. The maximum Gasteiger partial charge on any atom is 0.247 e. The molecule has 1 N–H and O–H groups in total. The third-order valence-corrected chi connectivity index (χ3v) is 3.43. The van der Waals surface area contributed by atoms with E-state index in [1.54, 1.807) is 0 Å². The molecule has 0 bridgehead atoms. The molecule has 5 nitrogen and oxygen atoms in total. The van der Waals surface area contributed by atoms with E-state index in [0.29, 0.717) is 19.8 Å². The second-order valence-electron chi connectivity index (χ2n) is 4.99. The molecule has 1 aliphatic carbocycles. The Morgan fingerprint density at radius 2 is 2.27 bits per heavy atom. The van der Waals surface area contributed by atoms with Gasteiger partial charge in [-0.1, -0.05) is 17.8 Å². The molecule has 1 aromatic rings. The van der Waals surface area contributed by atoms with Crippen molar-refractivity contribution in [1.82, 2.24) is 0 Å². The van der Waals surface area contributed by atoms with Gasteiger partial charge in [0.05, 0.1) is 12.3 Å². The largest absolute Gasteiger partial charge is 0.393 e. The maximum absolute atomic E-state index is 11.4. The number of anilines is 1. The predicted octanol–water partition coefficient (Wildman–Crippen LogP) is 2.90. The molecule has 118 valence electrons. The first-order valence-corrected chi connectivity index (χ1v) is 7.58. The summed E-state index contributed by atoms with van der Waals surface area (Å²) in [6, 6.07) is 5.85. The number of benzene rings is 1. The maximum atomic E-state index is 11.4. The Hall–Kier alpha value is -2.14. The second-order valence-corrected chi connectivity index (χ2v) is 4.99. The number of fused-ring (bicyclic) bond motifs is 1. The van der Waals surface area contributed by atoms with Crippen LogP contribution in [-0.4, -0.2) is 31.4 Å². The molecule has 0 fully saturated rings. The number of rotatable bonds is 7. The molecular weight excluding hydrogens is 280 g/mol. The van der Waals surface area contributed by atoms with E-state index in [0.717, 1.165) is 36.2 Å². The number of carbonyl (C=O) groups is 1. The number of carbonyl (C=O) groups excluding carboxylic acids is 1. The summed E-state index contributed by atoms with van der Waals surface area (Å²) < 4.78 is 5.21. The van der Waals surface area contributed by atoms with Crippen LogP contribution in [0.3, 0.4) is 0 Å². The fourth-order valence-corrected chi connectivity index (χ4v) is 2.39. The Morgan fingerprint density at radius 1 is 1.41 bits per heavy atom. The predicted molar refractivity (Wildman–Crippen MR) is 87.2 cm³/mol. The zero-order valence-corrected chi connectivity index (χ0v) is 12.9. The van der Waals surface area contributed by atoms with Crippen LogP contribution in [0.15, 0.2) is 36.0 Å². The molecule has 22 heavy (non-hydrogen) atoms. The van der Waals surface area contributed by atoms with Crippen molar-refractivity contribution >= 4 is 17.3 Å². The van der Waals surface area contributed by atoms with Crippen molar-refractivity contribution < 1.29 is 14.4 Å². The molecular formula is C17H22N2O3. The molecule has 0 aromatic heterocycles. The first-order chi connectivity index (χ1) is 10.7. The van der Waals surface area contributed by atoms with E-state index >= 15 is 0 Å². The van der Waals surface area contributed by atoms with Crippen LogP contribution in [0.4, 0.5) is 5.69 Å². The number of aryl methyl sites for hydroxylation is 1. The highest BCUT2D eigenvalue weighted by molar-refractivity contribution is 6.03. The molecule has 0 atom stereocenters. The van der Waals surface area contributed by atoms with Gasteiger partial charge in [-0.25, -0.2) is 0 Å². The summed E-state index contributed by atoms with van der Waals surface area (Å²) in [5, 5.41) is 7.01. The summed E-state index contributed by atoms with van der Waals surface area (Å²) in [4.78, 5) is 16.7. The lowest BCUT2D eigenvalue weighted by molar-refractivity contribution is -0.111. The van der Waals surface area contributed by atoms with E-state index in [2.05, 4.69) is 17.1 Å². The van der Waals surface area contributed by atoms with Crippen LogP contribution in [0.1, 0.15) is 30.9 Å². The lowest BCUT2D eigenvalue weighted by Crippen LogP contribution is -2.14. The summed E-state index contributed by atoms with van der Waals surface area (Å²) in [6.45, 7) is 7.09. The summed E-state index contributed by atoms with van der Waals surface area (Å²) >= 11 is 0. The fourth-order valence-electron chi connectivity index (χ4n) is 2.39. The van der Waals surface area contributed by atoms with Crippen LogP contribution in [0.2, 0.25) is 0 Å². The van der Waals surface area contributed by atoms with Gasteiger partial charge in [0.2, 0.25) is 5.91 Å². The molecule has 0 heterocycles. The summed E-state index contributed by atoms with van der Waals surface area (Å²) in [6.07, 6.45) is 4.17. The SMILES string of the molecule is C=CC(=O)Nc1ccc2c(c1)CCC/C2=N\OCCOCC. The van der Waals surface area contributed by atoms with Crippen LogP contribution in [-0.2, 0) is 20.8 Å². The minimum Gasteiger partial charge on any atom is -0.393 e. The lowest BCUT2D eigenvalue weighted by atomic mass is 9.90. The number of oxime groups is 1. The minimum absolute atomic E-state index is 0.205. The van der Waals surface area contributed by atoms with E-state index in [-0.39, 0.29) is 5.91 Å². The summed E-state index contributed by atoms with van der Waals surface area (Å²) in [5.74, 6) is -0.205. The molecule has 5 heteroatoms. The van der Waals surface area contributed by atoms with Crippen molar-refractivity contribution in [2.24, 2.45) is 5.16 Å². The van der Waals surface area contributed by atoms with Gasteiger partial charge in [-0.15, -0.1) is 0 Å². The van der Waals surface area contributed by atoms with Gasteiger partial charge >= 0.3 is 0 Å². The normalized spacial score (nSPS) is 15.2. The summed E-state index contributed by atoms with van der Waals surface area (Å²) in [7, 11) is 0. The van der Waals surface area contributed by atoms with Crippen molar-refractivity contribution in [3.05, 3.63) is 42.0 Å². The molecule has 1 aliphatic rings. The van der Waals surface area contributed by atoms with Crippen molar-refractivity contribution in [1.29, 1.82) is 0 Å². The van der Waals surface area contributed by atoms with Gasteiger partial charge in [0.15, 0.2) is 0 Å². The molecule has 1 amide bonds. The van der Waals surface area contributed by atoms with Gasteiger partial charge in [-0.2, -0.15) is 0 Å². The topological polar surface area (TPSA) is 59.9 Å². The van der Waals surface area contributed by atoms with Gasteiger partial charge in [0, 0.05) is 17.9 Å². The number of hydrogen-bond acceptors (Lipinski definition) is 4. The Balaban J connectivity index is 2.05. The molecule has 0 aliphatic heterocycles. The molecule has 0 spiro atoms. The molecule has 1 aromatic carbocycles. The highest BCUT2D eigenvalue weighted by atomic mass is 16.6. The third kappa shape index (κ3) is 4.43. The first-order valence-electron chi connectivity index (χ1n) is 7.58. The molecule has 0 unspecified atom stereocenters. The summed E-state index contributed by atoms with van der Waals surface area (Å²) in [5.41, 5.74) is 4.01. The zero-order valence-electron chi connectivity index (χ0n) is 12.9. The van der Waals surface area contributed by atoms with Crippen molar-refractivity contribution in [2.45, 2.75) is 26.2 Å². The molecule has 2 rings (SSSR count). The Kier molecular flexibility index (Phi) is 6.15. The van der Waals surface area contributed by atoms with Crippen LogP contribution < -0.4 is 5.32 Å².